The first-order valence-corrected chi connectivity index (χ1v) is 42.0. The van der Waals surface area contributed by atoms with Gasteiger partial charge in [0, 0.05) is 25.7 Å². The van der Waals surface area contributed by atoms with Gasteiger partial charge in [0.15, 0.2) is 12.2 Å². The van der Waals surface area contributed by atoms with E-state index in [1.54, 1.807) is 0 Å². The molecule has 0 fully saturated rings. The van der Waals surface area contributed by atoms with Crippen LogP contribution in [0.2, 0.25) is 0 Å². The molecule has 0 saturated carbocycles. The van der Waals surface area contributed by atoms with Gasteiger partial charge >= 0.3 is 39.5 Å². The predicted molar refractivity (Wildman–Crippen MR) is 426 cm³/mol. The molecule has 3 N–H and O–H groups in total. The van der Waals surface area contributed by atoms with Crippen molar-refractivity contribution >= 4 is 39.5 Å². The number of hydrogen-bond acceptors (Lipinski definition) is 15. The summed E-state index contributed by atoms with van der Waals surface area (Å²) in [7, 11) is -10.0. The Morgan fingerprint density at radius 2 is 0.510 bits per heavy atom. The molecule has 0 aromatic carbocycles. The van der Waals surface area contributed by atoms with Crippen LogP contribution >= 0.6 is 15.6 Å². The SMILES string of the molecule is CC/C=C\C/C=C\C/C=C\C/C=C\C/C=C\CCCC(=O)OCC(COP(=O)(O)OCC(O)COP(=O)(O)OCC(COC(=O)CCCCCC/C=C\C/C=C\C/C=C\C/C=C\CC)OC(=O)CCCCCC/C=C\C/C=C\C/C=C\C/C=C\CC)OC(=O)CCCCCCC/C=C\C/C=C\CCC. The molecule has 0 aromatic rings. The van der Waals surface area contributed by atoms with Gasteiger partial charge in [-0.05, 0) is 167 Å². The number of allylic oxidation sites excluding steroid dienone is 30. The second-order valence-electron chi connectivity index (χ2n) is 25.1. The zero-order valence-electron chi connectivity index (χ0n) is 64.1. The van der Waals surface area contributed by atoms with Gasteiger partial charge in [-0.1, -0.05) is 261 Å². The van der Waals surface area contributed by atoms with Crippen molar-refractivity contribution in [2.24, 2.45) is 0 Å². The largest absolute Gasteiger partial charge is 0.472 e. The van der Waals surface area contributed by atoms with Gasteiger partial charge in [0.2, 0.25) is 0 Å². The number of ether oxygens (including phenoxy) is 4. The van der Waals surface area contributed by atoms with Gasteiger partial charge in [0.25, 0.3) is 0 Å². The zero-order chi connectivity index (χ0) is 76.0. The number of rotatable bonds is 71. The summed E-state index contributed by atoms with van der Waals surface area (Å²) in [6, 6.07) is 0. The number of esters is 4. The van der Waals surface area contributed by atoms with Crippen LogP contribution in [0.4, 0.5) is 0 Å². The average Bonchev–Trinajstić information content (AvgIpc) is 0.910. The van der Waals surface area contributed by atoms with E-state index in [0.717, 1.165) is 186 Å². The Bertz CT molecular complexity index is 2690. The van der Waals surface area contributed by atoms with E-state index in [1.807, 2.05) is 12.2 Å². The summed E-state index contributed by atoms with van der Waals surface area (Å²) in [6.07, 6.45) is 90.3. The zero-order valence-corrected chi connectivity index (χ0v) is 65.9. The van der Waals surface area contributed by atoms with Crippen LogP contribution in [0.3, 0.4) is 0 Å². The molecule has 0 aliphatic carbocycles. The maximum atomic E-state index is 13.1. The summed E-state index contributed by atoms with van der Waals surface area (Å²) < 4.78 is 68.5. The summed E-state index contributed by atoms with van der Waals surface area (Å²) in [5.74, 6) is -2.33. The first kappa shape index (κ1) is 98.2. The Morgan fingerprint density at radius 3 is 0.808 bits per heavy atom. The molecule has 5 unspecified atom stereocenters. The van der Waals surface area contributed by atoms with Gasteiger partial charge in [0.05, 0.1) is 26.4 Å². The van der Waals surface area contributed by atoms with E-state index in [-0.39, 0.29) is 25.7 Å². The second kappa shape index (κ2) is 75.4. The minimum Gasteiger partial charge on any atom is -0.462 e. The molecule has 0 heterocycles. The van der Waals surface area contributed by atoms with E-state index in [9.17, 15) is 43.2 Å². The molecule has 0 aromatic heterocycles. The Labute approximate surface area is 628 Å². The van der Waals surface area contributed by atoms with Crippen molar-refractivity contribution in [1.29, 1.82) is 0 Å². The monoisotopic (exact) mass is 1490 g/mol. The lowest BCUT2D eigenvalue weighted by molar-refractivity contribution is -0.161. The number of aliphatic hydroxyl groups is 1. The highest BCUT2D eigenvalue weighted by Crippen LogP contribution is 2.45. The fourth-order valence-corrected chi connectivity index (χ4v) is 11.1. The van der Waals surface area contributed by atoms with E-state index in [2.05, 4.69) is 198 Å². The van der Waals surface area contributed by atoms with Crippen LogP contribution in [-0.4, -0.2) is 96.7 Å². The molecule has 0 aliphatic heterocycles. The summed E-state index contributed by atoms with van der Waals surface area (Å²) in [5, 5.41) is 10.6. The molecule has 0 rings (SSSR count). The lowest BCUT2D eigenvalue weighted by atomic mass is 10.1. The summed E-state index contributed by atoms with van der Waals surface area (Å²) in [6.45, 7) is 4.30. The topological polar surface area (TPSA) is 237 Å². The van der Waals surface area contributed by atoms with E-state index in [1.165, 1.54) is 0 Å². The number of carbonyl (C=O) groups is 4. The number of hydrogen-bond donors (Lipinski definition) is 3. The van der Waals surface area contributed by atoms with Crippen LogP contribution in [0.1, 0.15) is 272 Å². The first-order valence-electron chi connectivity index (χ1n) is 39.0. The molecule has 17 nitrogen and oxygen atoms in total. The molecule has 0 radical (unpaired) electrons. The van der Waals surface area contributed by atoms with Crippen LogP contribution in [0.25, 0.3) is 0 Å². The van der Waals surface area contributed by atoms with Crippen molar-refractivity contribution in [3.05, 3.63) is 182 Å². The molecule has 0 saturated heterocycles. The summed E-state index contributed by atoms with van der Waals surface area (Å²) in [5.41, 5.74) is 0. The molecule has 5 atom stereocenters. The van der Waals surface area contributed by atoms with Gasteiger partial charge in [-0.15, -0.1) is 0 Å². The Morgan fingerprint density at radius 1 is 0.279 bits per heavy atom. The van der Waals surface area contributed by atoms with E-state index >= 15 is 0 Å². The highest BCUT2D eigenvalue weighted by Gasteiger charge is 2.30. The highest BCUT2D eigenvalue weighted by molar-refractivity contribution is 7.47. The minimum absolute atomic E-state index is 0.0525. The number of phosphoric ester groups is 2. The van der Waals surface area contributed by atoms with Gasteiger partial charge in [0.1, 0.15) is 19.3 Å². The molecule has 0 aliphatic rings. The molecule has 0 amide bonds. The fourth-order valence-electron chi connectivity index (χ4n) is 9.51. The maximum Gasteiger partial charge on any atom is 0.472 e. The third kappa shape index (κ3) is 74.4. The quantitative estimate of drug-likeness (QED) is 0.0169. The highest BCUT2D eigenvalue weighted by atomic mass is 31.2. The molecule has 0 bridgehead atoms. The molecule has 19 heteroatoms. The number of phosphoric acid groups is 2. The lowest BCUT2D eigenvalue weighted by Gasteiger charge is -2.21. The molecular formula is C85H136O17P2. The van der Waals surface area contributed by atoms with Crippen LogP contribution in [0.15, 0.2) is 182 Å². The lowest BCUT2D eigenvalue weighted by Crippen LogP contribution is -2.30. The summed E-state index contributed by atoms with van der Waals surface area (Å²) >= 11 is 0. The van der Waals surface area contributed by atoms with Crippen molar-refractivity contribution in [3.8, 4) is 0 Å². The number of aliphatic hydroxyl groups excluding tert-OH is 1. The maximum absolute atomic E-state index is 13.1. The third-order valence-corrected chi connectivity index (χ3v) is 17.2. The van der Waals surface area contributed by atoms with Crippen molar-refractivity contribution in [1.82, 2.24) is 0 Å². The predicted octanol–water partition coefficient (Wildman–Crippen LogP) is 22.8. The Hall–Kier alpha value is -5.84. The second-order valence-corrected chi connectivity index (χ2v) is 28.1. The van der Waals surface area contributed by atoms with E-state index in [0.29, 0.717) is 32.1 Å². The third-order valence-electron chi connectivity index (χ3n) is 15.3. The van der Waals surface area contributed by atoms with Crippen molar-refractivity contribution < 1.29 is 80.2 Å². The molecule has 104 heavy (non-hydrogen) atoms. The number of carbonyl (C=O) groups excluding carboxylic acids is 4. The van der Waals surface area contributed by atoms with Gasteiger partial charge in [-0.2, -0.15) is 0 Å². The van der Waals surface area contributed by atoms with Gasteiger partial charge in [-0.25, -0.2) is 9.13 Å². The smallest absolute Gasteiger partial charge is 0.462 e. The van der Waals surface area contributed by atoms with Crippen LogP contribution in [0.5, 0.6) is 0 Å². The van der Waals surface area contributed by atoms with Crippen molar-refractivity contribution in [2.45, 2.75) is 290 Å². The van der Waals surface area contributed by atoms with E-state index < -0.39 is 97.5 Å². The number of unbranched alkanes of at least 4 members (excludes halogenated alkanes) is 15. The van der Waals surface area contributed by atoms with Crippen LogP contribution < -0.4 is 0 Å². The Kier molecular flexibility index (Phi) is 71.2. The van der Waals surface area contributed by atoms with E-state index in [4.69, 9.17) is 37.0 Å². The standard InChI is InChI=1S/C85H136O17P2/c1-5-9-13-17-21-25-29-33-36-39-42-46-49-53-57-61-65-69-82(87)95-75-80(101-84(89)71-67-63-59-55-51-45-32-28-24-20-16-12-8-4)77-99-103(91,92)97-73-79(86)74-98-104(93,94)100-78-81(102-85(90)72-68-64-60-56-52-48-44-41-38-35-31-27-23-19-15-11-7-3)76-96-83(88)70-66-62-58-54-50-47-43-40-37-34-30-26-22-18-14-10-6-2/h9-11,13-16,20-23,25-28,32-38,42-44,46-48,53,57,79-81,86H,5-8,12,17-19,24,29-31,39-41,45,49-52,54-56,58-78H2,1-4H3,(H,91,92)(H,93,94)/b13-9-,14-10-,15-11-,20-16-,25-21-,26-22-,27-23-,32-28-,36-33-,37-34-,38-35-,46-42-,47-43-,48-44-,57-53-. The van der Waals surface area contributed by atoms with Crippen molar-refractivity contribution in [2.75, 3.05) is 39.6 Å². The van der Waals surface area contributed by atoms with Crippen LogP contribution in [0, 0.1) is 0 Å². The van der Waals surface area contributed by atoms with Crippen LogP contribution in [-0.2, 0) is 65.4 Å². The summed E-state index contributed by atoms with van der Waals surface area (Å²) in [4.78, 5) is 73.0. The fraction of sp³-hybridized carbons (Fsp3) is 0.600. The average molecular weight is 1490 g/mol. The normalized spacial score (nSPS) is 14.9. The van der Waals surface area contributed by atoms with Crippen molar-refractivity contribution in [3.63, 3.8) is 0 Å². The minimum atomic E-state index is -5.00. The first-order chi connectivity index (χ1) is 50.7. The van der Waals surface area contributed by atoms with Gasteiger partial charge in [-0.3, -0.25) is 37.3 Å². The molecular weight excluding hydrogens is 1350 g/mol. The molecule has 588 valence electrons. The molecule has 0 spiro atoms. The Balaban J connectivity index is 5.48. The van der Waals surface area contributed by atoms with Gasteiger partial charge < -0.3 is 33.8 Å².